The second kappa shape index (κ2) is 10.1. The molecule has 0 radical (unpaired) electrons. The molecule has 0 atom stereocenters. The Bertz CT molecular complexity index is 682. The van der Waals surface area contributed by atoms with E-state index in [1.807, 2.05) is 30.3 Å². The molecule has 6 nitrogen and oxygen atoms in total. The number of ether oxygens (including phenoxy) is 3. The van der Waals surface area contributed by atoms with Crippen molar-refractivity contribution in [3.63, 3.8) is 0 Å². The third kappa shape index (κ3) is 5.81. The van der Waals surface area contributed by atoms with Crippen molar-refractivity contribution < 1.29 is 23.8 Å². The number of carbonyl (C=O) groups excluding carboxylic acids is 2. The molecule has 0 bridgehead atoms. The molecule has 0 spiro atoms. The zero-order valence-corrected chi connectivity index (χ0v) is 14.9. The largest absolute Gasteiger partial charge is 0.489 e. The van der Waals surface area contributed by atoms with Crippen LogP contribution in [0.15, 0.2) is 54.6 Å². The summed E-state index contributed by atoms with van der Waals surface area (Å²) in [6.45, 7) is 4.19. The monoisotopic (exact) mass is 357 g/mol. The fraction of sp³-hybridized carbons (Fsp3) is 0.300. The van der Waals surface area contributed by atoms with E-state index in [4.69, 9.17) is 14.2 Å². The first-order valence-corrected chi connectivity index (χ1v) is 8.50. The second-order valence-corrected chi connectivity index (χ2v) is 5.38. The lowest BCUT2D eigenvalue weighted by Crippen LogP contribution is -2.40. The molecule has 0 heterocycles. The van der Waals surface area contributed by atoms with E-state index >= 15 is 0 Å². The molecule has 0 saturated heterocycles. The van der Waals surface area contributed by atoms with Crippen molar-refractivity contribution in [1.29, 1.82) is 0 Å². The zero-order valence-electron chi connectivity index (χ0n) is 14.9. The lowest BCUT2D eigenvalue weighted by atomic mass is 10.2. The summed E-state index contributed by atoms with van der Waals surface area (Å²) in [5.41, 5.74) is 1.66. The molecule has 138 valence electrons. The topological polar surface area (TPSA) is 73.9 Å². The standard InChI is InChI=1S/C20H23NO5/c1-3-24-19(22)18(20(23)25-4-2)21-16-10-12-17(13-11-16)26-14-15-8-6-5-7-9-15/h5-13,18,21H,3-4,14H2,1-2H3. The van der Waals surface area contributed by atoms with E-state index in [1.54, 1.807) is 38.1 Å². The zero-order chi connectivity index (χ0) is 18.8. The third-order valence-corrected chi connectivity index (χ3v) is 3.46. The van der Waals surface area contributed by atoms with Gasteiger partial charge >= 0.3 is 11.9 Å². The number of hydrogen-bond donors (Lipinski definition) is 1. The molecule has 0 saturated carbocycles. The first-order chi connectivity index (χ1) is 12.6. The third-order valence-electron chi connectivity index (χ3n) is 3.46. The van der Waals surface area contributed by atoms with Gasteiger partial charge in [0.15, 0.2) is 0 Å². The van der Waals surface area contributed by atoms with Crippen LogP contribution in [-0.4, -0.2) is 31.2 Å². The van der Waals surface area contributed by atoms with Gasteiger partial charge in [0, 0.05) is 5.69 Å². The molecule has 1 N–H and O–H groups in total. The van der Waals surface area contributed by atoms with Crippen LogP contribution in [-0.2, 0) is 25.7 Å². The molecular formula is C20H23NO5. The average Bonchev–Trinajstić information content (AvgIpc) is 2.66. The molecule has 2 aromatic rings. The molecular weight excluding hydrogens is 334 g/mol. The summed E-state index contributed by atoms with van der Waals surface area (Å²) < 4.78 is 15.6. The maximum atomic E-state index is 12.0. The van der Waals surface area contributed by atoms with Gasteiger partial charge in [-0.3, -0.25) is 0 Å². The van der Waals surface area contributed by atoms with Crippen molar-refractivity contribution in [3.8, 4) is 5.75 Å². The van der Waals surface area contributed by atoms with Gasteiger partial charge < -0.3 is 19.5 Å². The van der Waals surface area contributed by atoms with Crippen molar-refractivity contribution in [1.82, 2.24) is 0 Å². The van der Waals surface area contributed by atoms with Gasteiger partial charge in [-0.05, 0) is 43.7 Å². The van der Waals surface area contributed by atoms with E-state index in [1.165, 1.54) is 0 Å². The van der Waals surface area contributed by atoms with Crippen LogP contribution in [0.4, 0.5) is 5.69 Å². The lowest BCUT2D eigenvalue weighted by molar-refractivity contribution is -0.155. The van der Waals surface area contributed by atoms with Crippen LogP contribution in [0.25, 0.3) is 0 Å². The Morgan fingerprint density at radius 1 is 0.885 bits per heavy atom. The minimum Gasteiger partial charge on any atom is -0.489 e. The Hall–Kier alpha value is -3.02. The van der Waals surface area contributed by atoms with Crippen LogP contribution in [0, 0.1) is 0 Å². The average molecular weight is 357 g/mol. The summed E-state index contributed by atoms with van der Waals surface area (Å²) in [5, 5.41) is 2.84. The number of benzene rings is 2. The molecule has 2 aromatic carbocycles. The maximum Gasteiger partial charge on any atom is 0.340 e. The van der Waals surface area contributed by atoms with Crippen LogP contribution in [0.2, 0.25) is 0 Å². The molecule has 0 fully saturated rings. The van der Waals surface area contributed by atoms with Gasteiger partial charge in [0.1, 0.15) is 12.4 Å². The van der Waals surface area contributed by atoms with Gasteiger partial charge in [-0.2, -0.15) is 0 Å². The van der Waals surface area contributed by atoms with E-state index in [9.17, 15) is 9.59 Å². The Kier molecular flexibility index (Phi) is 7.49. The van der Waals surface area contributed by atoms with Crippen molar-refractivity contribution in [2.45, 2.75) is 26.5 Å². The molecule has 0 aliphatic carbocycles. The summed E-state index contributed by atoms with van der Waals surface area (Å²) in [6.07, 6.45) is 0. The van der Waals surface area contributed by atoms with Gasteiger partial charge in [0.05, 0.1) is 13.2 Å². The first kappa shape index (κ1) is 19.3. The molecule has 6 heteroatoms. The molecule has 0 aliphatic rings. The van der Waals surface area contributed by atoms with E-state index in [0.29, 0.717) is 18.0 Å². The smallest absolute Gasteiger partial charge is 0.340 e. The van der Waals surface area contributed by atoms with Crippen LogP contribution >= 0.6 is 0 Å². The number of hydrogen-bond acceptors (Lipinski definition) is 6. The number of nitrogens with one attached hydrogen (secondary N) is 1. The Balaban J connectivity index is 1.98. The highest BCUT2D eigenvalue weighted by atomic mass is 16.6. The van der Waals surface area contributed by atoms with Crippen molar-refractivity contribution in [3.05, 3.63) is 60.2 Å². The summed E-state index contributed by atoms with van der Waals surface area (Å²) in [5.74, 6) is -0.658. The number of rotatable bonds is 9. The van der Waals surface area contributed by atoms with Crippen LogP contribution in [0.1, 0.15) is 19.4 Å². The molecule has 0 aromatic heterocycles. The van der Waals surface area contributed by atoms with E-state index in [-0.39, 0.29) is 13.2 Å². The van der Waals surface area contributed by atoms with Crippen molar-refractivity contribution >= 4 is 17.6 Å². The second-order valence-electron chi connectivity index (χ2n) is 5.38. The Labute approximate surface area is 153 Å². The molecule has 0 unspecified atom stereocenters. The van der Waals surface area contributed by atoms with Gasteiger partial charge in [0.25, 0.3) is 0 Å². The number of anilines is 1. The van der Waals surface area contributed by atoms with Gasteiger partial charge in [-0.1, -0.05) is 30.3 Å². The van der Waals surface area contributed by atoms with Gasteiger partial charge in [-0.25, -0.2) is 9.59 Å². The van der Waals surface area contributed by atoms with Gasteiger partial charge in [0.2, 0.25) is 6.04 Å². The summed E-state index contributed by atoms with van der Waals surface area (Å²) in [4.78, 5) is 24.0. The lowest BCUT2D eigenvalue weighted by Gasteiger charge is -2.17. The van der Waals surface area contributed by atoms with Crippen LogP contribution in [0.5, 0.6) is 5.75 Å². The number of esters is 2. The van der Waals surface area contributed by atoms with Gasteiger partial charge in [-0.15, -0.1) is 0 Å². The Morgan fingerprint density at radius 3 is 2.00 bits per heavy atom. The SMILES string of the molecule is CCOC(=O)C(Nc1ccc(OCc2ccccc2)cc1)C(=O)OCC. The minimum absolute atomic E-state index is 0.183. The van der Waals surface area contributed by atoms with E-state index < -0.39 is 18.0 Å². The molecule has 0 amide bonds. The quantitative estimate of drug-likeness (QED) is 0.549. The highest BCUT2D eigenvalue weighted by Gasteiger charge is 2.29. The minimum atomic E-state index is -1.20. The highest BCUT2D eigenvalue weighted by Crippen LogP contribution is 2.18. The first-order valence-electron chi connectivity index (χ1n) is 8.50. The summed E-state index contributed by atoms with van der Waals surface area (Å²) >= 11 is 0. The normalized spacial score (nSPS) is 10.3. The van der Waals surface area contributed by atoms with Crippen LogP contribution < -0.4 is 10.1 Å². The highest BCUT2D eigenvalue weighted by molar-refractivity contribution is 6.02. The van der Waals surface area contributed by atoms with E-state index in [2.05, 4.69) is 5.32 Å². The summed E-state index contributed by atoms with van der Waals surface area (Å²) in [6, 6.07) is 15.6. The molecule has 2 rings (SSSR count). The van der Waals surface area contributed by atoms with E-state index in [0.717, 1.165) is 5.56 Å². The Morgan fingerprint density at radius 2 is 1.46 bits per heavy atom. The number of carbonyl (C=O) groups is 2. The fourth-order valence-electron chi connectivity index (χ4n) is 2.22. The van der Waals surface area contributed by atoms with Crippen molar-refractivity contribution in [2.24, 2.45) is 0 Å². The fourth-order valence-corrected chi connectivity index (χ4v) is 2.22. The predicted octanol–water partition coefficient (Wildman–Crippen LogP) is 3.17. The maximum absolute atomic E-state index is 12.0. The molecule has 0 aliphatic heterocycles. The van der Waals surface area contributed by atoms with Crippen LogP contribution in [0.3, 0.4) is 0 Å². The van der Waals surface area contributed by atoms with Crippen molar-refractivity contribution in [2.75, 3.05) is 18.5 Å². The summed E-state index contributed by atoms with van der Waals surface area (Å²) in [7, 11) is 0. The molecule has 26 heavy (non-hydrogen) atoms. The predicted molar refractivity (Wildman–Crippen MR) is 97.9 cm³/mol.